The third-order valence-electron chi connectivity index (χ3n) is 3.00. The molecule has 0 N–H and O–H groups in total. The molecule has 0 aliphatic carbocycles. The molecular formula is C14H10BrClFN3OS. The Morgan fingerprint density at radius 3 is 2.82 bits per heavy atom. The maximum absolute atomic E-state index is 13.0. The molecule has 0 amide bonds. The SMILES string of the molecule is Cn1c(SCc2ccc(F)cc2Cl)nnc1-c1ccc(Br)o1. The molecule has 0 atom stereocenters. The van der Waals surface area contributed by atoms with Gasteiger partial charge in [-0.15, -0.1) is 10.2 Å². The largest absolute Gasteiger partial charge is 0.446 e. The van der Waals surface area contributed by atoms with Crippen molar-refractivity contribution in [1.29, 1.82) is 0 Å². The average molecular weight is 403 g/mol. The third-order valence-corrected chi connectivity index (χ3v) is 4.85. The first-order chi connectivity index (χ1) is 10.5. The zero-order valence-electron chi connectivity index (χ0n) is 11.4. The molecule has 0 unspecified atom stereocenters. The minimum atomic E-state index is -0.344. The first-order valence-electron chi connectivity index (χ1n) is 6.26. The van der Waals surface area contributed by atoms with Crippen LogP contribution in [0.25, 0.3) is 11.6 Å². The molecule has 0 aliphatic rings. The number of aromatic nitrogens is 3. The Bertz CT molecular complexity index is 820. The van der Waals surface area contributed by atoms with Crippen molar-refractivity contribution >= 4 is 39.3 Å². The van der Waals surface area contributed by atoms with Crippen molar-refractivity contribution < 1.29 is 8.81 Å². The van der Waals surface area contributed by atoms with Crippen LogP contribution >= 0.6 is 39.3 Å². The van der Waals surface area contributed by atoms with Crippen LogP contribution in [0.15, 0.2) is 44.6 Å². The summed E-state index contributed by atoms with van der Waals surface area (Å²) in [6, 6.07) is 7.99. The molecule has 0 saturated carbocycles. The van der Waals surface area contributed by atoms with Crippen LogP contribution in [0.1, 0.15) is 5.56 Å². The van der Waals surface area contributed by atoms with Crippen LogP contribution in [-0.4, -0.2) is 14.8 Å². The van der Waals surface area contributed by atoms with Crippen LogP contribution in [0.3, 0.4) is 0 Å². The summed E-state index contributed by atoms with van der Waals surface area (Å²) in [5.74, 6) is 1.50. The molecule has 0 aliphatic heterocycles. The molecule has 4 nitrogen and oxygen atoms in total. The summed E-state index contributed by atoms with van der Waals surface area (Å²) in [7, 11) is 1.86. The molecule has 114 valence electrons. The Morgan fingerprint density at radius 2 is 2.14 bits per heavy atom. The number of hydrogen-bond acceptors (Lipinski definition) is 4. The highest BCUT2D eigenvalue weighted by Crippen LogP contribution is 2.29. The predicted molar refractivity (Wildman–Crippen MR) is 87.4 cm³/mol. The standard InChI is InChI=1S/C14H10BrClFN3OS/c1-20-13(11-4-5-12(15)21-11)18-19-14(20)22-7-8-2-3-9(17)6-10(8)16/h2-6H,7H2,1H3. The van der Waals surface area contributed by atoms with E-state index < -0.39 is 0 Å². The quantitative estimate of drug-likeness (QED) is 0.581. The fraction of sp³-hybridized carbons (Fsp3) is 0.143. The van der Waals surface area contributed by atoms with Crippen molar-refractivity contribution in [3.63, 3.8) is 0 Å². The van der Waals surface area contributed by atoms with Gasteiger partial charge in [-0.1, -0.05) is 29.4 Å². The number of nitrogens with zero attached hydrogens (tertiary/aromatic N) is 3. The lowest BCUT2D eigenvalue weighted by atomic mass is 10.2. The van der Waals surface area contributed by atoms with Gasteiger partial charge in [0, 0.05) is 17.8 Å². The summed E-state index contributed by atoms with van der Waals surface area (Å²) in [6.45, 7) is 0. The molecule has 1 aromatic carbocycles. The fourth-order valence-electron chi connectivity index (χ4n) is 1.87. The molecule has 0 bridgehead atoms. The van der Waals surface area contributed by atoms with Gasteiger partial charge in [0.2, 0.25) is 0 Å². The van der Waals surface area contributed by atoms with Gasteiger partial charge >= 0.3 is 0 Å². The number of thioether (sulfide) groups is 1. The van der Waals surface area contributed by atoms with Gasteiger partial charge in [-0.05, 0) is 45.8 Å². The first-order valence-corrected chi connectivity index (χ1v) is 8.42. The Kier molecular flexibility index (Phi) is 4.56. The maximum atomic E-state index is 13.0. The van der Waals surface area contributed by atoms with E-state index in [1.807, 2.05) is 17.7 Å². The van der Waals surface area contributed by atoms with Gasteiger partial charge < -0.3 is 8.98 Å². The maximum Gasteiger partial charge on any atom is 0.200 e. The van der Waals surface area contributed by atoms with Crippen molar-refractivity contribution in [2.45, 2.75) is 10.9 Å². The van der Waals surface area contributed by atoms with E-state index in [9.17, 15) is 4.39 Å². The van der Waals surface area contributed by atoms with Gasteiger partial charge in [-0.3, -0.25) is 0 Å². The zero-order valence-corrected chi connectivity index (χ0v) is 14.5. The lowest BCUT2D eigenvalue weighted by Gasteiger charge is -2.04. The van der Waals surface area contributed by atoms with Crippen molar-refractivity contribution in [1.82, 2.24) is 14.8 Å². The number of benzene rings is 1. The Hall–Kier alpha value is -1.31. The van der Waals surface area contributed by atoms with Crippen LogP contribution in [0.5, 0.6) is 0 Å². The number of hydrogen-bond donors (Lipinski definition) is 0. The molecule has 0 saturated heterocycles. The van der Waals surface area contributed by atoms with Crippen LogP contribution in [-0.2, 0) is 12.8 Å². The van der Waals surface area contributed by atoms with Crippen LogP contribution in [0, 0.1) is 5.82 Å². The average Bonchev–Trinajstić information content (AvgIpc) is 3.04. The Morgan fingerprint density at radius 1 is 1.32 bits per heavy atom. The van der Waals surface area contributed by atoms with Crippen LogP contribution < -0.4 is 0 Å². The van der Waals surface area contributed by atoms with E-state index in [-0.39, 0.29) is 5.82 Å². The summed E-state index contributed by atoms with van der Waals surface area (Å²) < 4.78 is 21.0. The van der Waals surface area contributed by atoms with Crippen molar-refractivity contribution in [3.8, 4) is 11.6 Å². The molecule has 0 fully saturated rings. The first kappa shape index (κ1) is 15.6. The topological polar surface area (TPSA) is 43.9 Å². The lowest BCUT2D eigenvalue weighted by Crippen LogP contribution is -1.94. The molecule has 3 aromatic rings. The molecule has 0 spiro atoms. The highest BCUT2D eigenvalue weighted by atomic mass is 79.9. The van der Waals surface area contributed by atoms with Gasteiger partial charge in [0.25, 0.3) is 0 Å². The van der Waals surface area contributed by atoms with E-state index >= 15 is 0 Å². The second kappa shape index (κ2) is 6.44. The van der Waals surface area contributed by atoms with E-state index in [0.717, 1.165) is 10.7 Å². The Balaban J connectivity index is 1.78. The van der Waals surface area contributed by atoms with E-state index in [2.05, 4.69) is 26.1 Å². The second-order valence-corrected chi connectivity index (χ2v) is 6.62. The molecule has 0 radical (unpaired) electrons. The van der Waals surface area contributed by atoms with Crippen molar-refractivity contribution in [2.24, 2.45) is 7.05 Å². The van der Waals surface area contributed by atoms with E-state index in [0.29, 0.717) is 27.0 Å². The van der Waals surface area contributed by atoms with Crippen molar-refractivity contribution in [2.75, 3.05) is 0 Å². The second-order valence-electron chi connectivity index (χ2n) is 4.49. The molecule has 2 heterocycles. The minimum Gasteiger partial charge on any atom is -0.446 e. The third kappa shape index (κ3) is 3.21. The van der Waals surface area contributed by atoms with Crippen molar-refractivity contribution in [3.05, 3.63) is 51.4 Å². The number of halogens is 3. The molecule has 3 rings (SSSR count). The summed E-state index contributed by atoms with van der Waals surface area (Å²) >= 11 is 10.8. The molecule has 8 heteroatoms. The molecule has 2 aromatic heterocycles. The smallest absolute Gasteiger partial charge is 0.200 e. The lowest BCUT2D eigenvalue weighted by molar-refractivity contribution is 0.547. The summed E-state index contributed by atoms with van der Waals surface area (Å²) in [5, 5.41) is 9.41. The highest BCUT2D eigenvalue weighted by Gasteiger charge is 2.15. The molecule has 22 heavy (non-hydrogen) atoms. The normalized spacial score (nSPS) is 11.1. The minimum absolute atomic E-state index is 0.344. The predicted octanol–water partition coefficient (Wildman–Crippen LogP) is 4.92. The number of furan rings is 1. The van der Waals surface area contributed by atoms with Gasteiger partial charge in [0.15, 0.2) is 21.4 Å². The van der Waals surface area contributed by atoms with Crippen LogP contribution in [0.2, 0.25) is 5.02 Å². The highest BCUT2D eigenvalue weighted by molar-refractivity contribution is 9.10. The monoisotopic (exact) mass is 401 g/mol. The summed E-state index contributed by atoms with van der Waals surface area (Å²) in [4.78, 5) is 0. The van der Waals surface area contributed by atoms with E-state index in [4.69, 9.17) is 16.0 Å². The molecular weight excluding hydrogens is 393 g/mol. The summed E-state index contributed by atoms with van der Waals surface area (Å²) in [6.07, 6.45) is 0. The van der Waals surface area contributed by atoms with Gasteiger partial charge in [0.05, 0.1) is 0 Å². The number of rotatable bonds is 4. The van der Waals surface area contributed by atoms with E-state index in [1.54, 1.807) is 12.1 Å². The zero-order chi connectivity index (χ0) is 15.7. The Labute approximate surface area is 143 Å². The van der Waals surface area contributed by atoms with Crippen LogP contribution in [0.4, 0.5) is 4.39 Å². The summed E-state index contributed by atoms with van der Waals surface area (Å²) in [5.41, 5.74) is 0.846. The van der Waals surface area contributed by atoms with Gasteiger partial charge in [-0.25, -0.2) is 4.39 Å². The fourth-order valence-corrected chi connectivity index (χ4v) is 3.41. The van der Waals surface area contributed by atoms with Gasteiger partial charge in [0.1, 0.15) is 5.82 Å². The van der Waals surface area contributed by atoms with E-state index in [1.165, 1.54) is 23.9 Å². The van der Waals surface area contributed by atoms with Gasteiger partial charge in [-0.2, -0.15) is 0 Å².